The molecule has 108 valence electrons. The molecule has 4 rings (SSSR count). The SMILES string of the molecule is O=c1ccn(C2CC23CCCCC2(CC2O)O3)c(=O)[nH]1. The number of hydrogen-bond donors (Lipinski definition) is 2. The highest BCUT2D eigenvalue weighted by molar-refractivity contribution is 5.17. The predicted molar refractivity (Wildman–Crippen MR) is 70.6 cm³/mol. The summed E-state index contributed by atoms with van der Waals surface area (Å²) in [7, 11) is 0. The third-order valence-corrected chi connectivity index (χ3v) is 5.02. The lowest BCUT2D eigenvalue weighted by atomic mass is 10.1. The fraction of sp³-hybridized carbons (Fsp3) is 0.714. The highest BCUT2D eigenvalue weighted by Gasteiger charge is 2.66. The van der Waals surface area contributed by atoms with Crippen molar-refractivity contribution in [3.8, 4) is 0 Å². The Morgan fingerprint density at radius 3 is 2.60 bits per heavy atom. The quantitative estimate of drug-likeness (QED) is 0.774. The molecule has 6 nitrogen and oxygen atoms in total. The number of aliphatic hydroxyl groups is 1. The molecule has 2 aliphatic carbocycles. The molecule has 6 heteroatoms. The number of H-pyrrole nitrogens is 1. The molecular formula is C14H18N2O4. The Morgan fingerprint density at radius 2 is 1.95 bits per heavy atom. The molecule has 4 unspecified atom stereocenters. The van der Waals surface area contributed by atoms with Gasteiger partial charge in [-0.3, -0.25) is 14.3 Å². The van der Waals surface area contributed by atoms with Gasteiger partial charge in [0.25, 0.3) is 5.56 Å². The molecule has 0 bridgehead atoms. The molecule has 0 radical (unpaired) electrons. The fourth-order valence-corrected chi connectivity index (χ4v) is 3.67. The predicted octanol–water partition coefficient (Wildman–Crippen LogP) is 0.314. The summed E-state index contributed by atoms with van der Waals surface area (Å²) in [5.74, 6) is 0. The van der Waals surface area contributed by atoms with E-state index in [4.69, 9.17) is 4.74 Å². The molecule has 2 spiro atoms. The van der Waals surface area contributed by atoms with Crippen LogP contribution in [-0.2, 0) is 4.74 Å². The lowest BCUT2D eigenvalue weighted by Gasteiger charge is -2.22. The zero-order valence-electron chi connectivity index (χ0n) is 11.2. The molecule has 0 amide bonds. The van der Waals surface area contributed by atoms with E-state index in [1.807, 2.05) is 0 Å². The first kappa shape index (κ1) is 12.3. The highest BCUT2D eigenvalue weighted by atomic mass is 16.6. The molecule has 0 aromatic carbocycles. The van der Waals surface area contributed by atoms with Crippen molar-refractivity contribution in [2.45, 2.75) is 61.9 Å². The first-order valence-electron chi connectivity index (χ1n) is 7.24. The van der Waals surface area contributed by atoms with Crippen LogP contribution in [0.25, 0.3) is 0 Å². The van der Waals surface area contributed by atoms with Gasteiger partial charge >= 0.3 is 5.69 Å². The van der Waals surface area contributed by atoms with Crippen molar-refractivity contribution >= 4 is 0 Å². The van der Waals surface area contributed by atoms with Gasteiger partial charge in [0.2, 0.25) is 0 Å². The van der Waals surface area contributed by atoms with Crippen LogP contribution in [0.5, 0.6) is 0 Å². The maximum absolute atomic E-state index is 11.9. The Morgan fingerprint density at radius 1 is 1.25 bits per heavy atom. The van der Waals surface area contributed by atoms with Crippen LogP contribution in [0.2, 0.25) is 0 Å². The Bertz CT molecular complexity index is 666. The van der Waals surface area contributed by atoms with Crippen LogP contribution in [-0.4, -0.2) is 32.0 Å². The van der Waals surface area contributed by atoms with Crippen LogP contribution in [0.4, 0.5) is 0 Å². The Labute approximate surface area is 115 Å². The number of nitrogens with zero attached hydrogens (tertiary/aromatic N) is 1. The van der Waals surface area contributed by atoms with E-state index in [2.05, 4.69) is 4.98 Å². The van der Waals surface area contributed by atoms with Crippen LogP contribution in [0, 0.1) is 0 Å². The minimum Gasteiger partial charge on any atom is -0.390 e. The molecule has 2 saturated carbocycles. The number of nitrogens with one attached hydrogen (secondary N) is 1. The normalized spacial score (nSPS) is 42.6. The molecule has 20 heavy (non-hydrogen) atoms. The average molecular weight is 278 g/mol. The van der Waals surface area contributed by atoms with Crippen LogP contribution < -0.4 is 11.2 Å². The molecule has 1 aromatic heterocycles. The third-order valence-electron chi connectivity index (χ3n) is 5.02. The molecule has 2 N–H and O–H groups in total. The van der Waals surface area contributed by atoms with Crippen molar-refractivity contribution in [1.29, 1.82) is 0 Å². The largest absolute Gasteiger partial charge is 0.390 e. The van der Waals surface area contributed by atoms with Gasteiger partial charge in [0.1, 0.15) is 0 Å². The van der Waals surface area contributed by atoms with E-state index >= 15 is 0 Å². The first-order valence-corrected chi connectivity index (χ1v) is 7.24. The van der Waals surface area contributed by atoms with E-state index in [0.717, 1.165) is 32.1 Å². The van der Waals surface area contributed by atoms with E-state index < -0.39 is 0 Å². The summed E-state index contributed by atoms with van der Waals surface area (Å²) in [5.41, 5.74) is -1.44. The Kier molecular flexibility index (Phi) is 2.36. The van der Waals surface area contributed by atoms with Crippen LogP contribution in [0.1, 0.15) is 44.6 Å². The minimum absolute atomic E-state index is 0.0189. The molecule has 3 fully saturated rings. The van der Waals surface area contributed by atoms with Gasteiger partial charge in [-0.05, 0) is 12.8 Å². The fourth-order valence-electron chi connectivity index (χ4n) is 3.67. The van der Waals surface area contributed by atoms with E-state index in [-0.39, 0.29) is 34.6 Å². The molecule has 1 saturated heterocycles. The molecule has 3 aliphatic rings. The summed E-state index contributed by atoms with van der Waals surface area (Å²) in [5, 5.41) is 9.83. The van der Waals surface area contributed by atoms with Crippen LogP contribution in [0.3, 0.4) is 0 Å². The number of ether oxygens (including phenoxy) is 1. The molecule has 1 aliphatic heterocycles. The molecular weight excluding hydrogens is 260 g/mol. The lowest BCUT2D eigenvalue weighted by molar-refractivity contribution is -0.0721. The van der Waals surface area contributed by atoms with Crippen molar-refractivity contribution < 1.29 is 9.84 Å². The van der Waals surface area contributed by atoms with Crippen molar-refractivity contribution in [3.63, 3.8) is 0 Å². The number of aliphatic hydroxyl groups excluding tert-OH is 1. The van der Waals surface area contributed by atoms with Gasteiger partial charge in [-0.2, -0.15) is 0 Å². The molecule has 1 aromatic rings. The summed E-state index contributed by atoms with van der Waals surface area (Å²) in [6.07, 6.45) is 6.63. The standard InChI is InChI=1S/C14H18N2O4/c17-10-8-14(10)5-2-1-4-13(20-14)7-9(13)16-6-3-11(18)15-12(16)19/h3,6,9-10,17H,1-2,4-5,7-8H2,(H,15,18,19). The van der Waals surface area contributed by atoms with E-state index in [1.165, 1.54) is 6.07 Å². The van der Waals surface area contributed by atoms with Gasteiger partial charge in [0, 0.05) is 25.1 Å². The Hall–Kier alpha value is -1.40. The molecule has 4 atom stereocenters. The Balaban J connectivity index is 1.64. The third kappa shape index (κ3) is 1.71. The van der Waals surface area contributed by atoms with Gasteiger partial charge in [-0.1, -0.05) is 12.8 Å². The smallest absolute Gasteiger partial charge is 0.328 e. The summed E-state index contributed by atoms with van der Waals surface area (Å²) >= 11 is 0. The summed E-state index contributed by atoms with van der Waals surface area (Å²) < 4.78 is 7.84. The summed E-state index contributed by atoms with van der Waals surface area (Å²) in [4.78, 5) is 25.3. The van der Waals surface area contributed by atoms with Gasteiger partial charge in [0.15, 0.2) is 0 Å². The summed E-state index contributed by atoms with van der Waals surface area (Å²) in [6.45, 7) is 0. The van der Waals surface area contributed by atoms with Gasteiger partial charge in [-0.15, -0.1) is 0 Å². The monoisotopic (exact) mass is 278 g/mol. The lowest BCUT2D eigenvalue weighted by Crippen LogP contribution is -2.33. The highest BCUT2D eigenvalue weighted by Crippen LogP contribution is 2.61. The second-order valence-corrected chi connectivity index (χ2v) is 6.40. The number of hydrogen-bond acceptors (Lipinski definition) is 4. The molecule has 2 heterocycles. The first-order chi connectivity index (χ1) is 9.55. The van der Waals surface area contributed by atoms with Gasteiger partial charge in [-0.25, -0.2) is 4.79 Å². The maximum Gasteiger partial charge on any atom is 0.328 e. The second-order valence-electron chi connectivity index (χ2n) is 6.40. The van der Waals surface area contributed by atoms with Crippen molar-refractivity contribution in [3.05, 3.63) is 33.1 Å². The number of rotatable bonds is 1. The number of aromatic amines is 1. The van der Waals surface area contributed by atoms with Gasteiger partial charge in [0.05, 0.1) is 23.3 Å². The van der Waals surface area contributed by atoms with Crippen molar-refractivity contribution in [1.82, 2.24) is 9.55 Å². The van der Waals surface area contributed by atoms with E-state index in [9.17, 15) is 14.7 Å². The number of aromatic nitrogens is 2. The van der Waals surface area contributed by atoms with Crippen molar-refractivity contribution in [2.75, 3.05) is 0 Å². The maximum atomic E-state index is 11.9. The van der Waals surface area contributed by atoms with Gasteiger partial charge < -0.3 is 9.84 Å². The second kappa shape index (κ2) is 3.83. The van der Waals surface area contributed by atoms with Crippen LogP contribution >= 0.6 is 0 Å². The zero-order chi connectivity index (χ0) is 14.0. The van der Waals surface area contributed by atoms with E-state index in [0.29, 0.717) is 6.42 Å². The average Bonchev–Trinajstić information content (AvgIpc) is 3.26. The topological polar surface area (TPSA) is 84.3 Å². The van der Waals surface area contributed by atoms with Crippen LogP contribution in [0.15, 0.2) is 21.9 Å². The van der Waals surface area contributed by atoms with Crippen molar-refractivity contribution in [2.24, 2.45) is 0 Å². The minimum atomic E-state index is -0.378. The van der Waals surface area contributed by atoms with E-state index in [1.54, 1.807) is 10.8 Å². The zero-order valence-corrected chi connectivity index (χ0v) is 11.2. The summed E-state index contributed by atoms with van der Waals surface area (Å²) in [6, 6.07) is 1.35.